The SMILES string of the molecule is CSC(C)CCNS(=O)(=O)C1CCCNC1. The van der Waals surface area contributed by atoms with Gasteiger partial charge in [-0.3, -0.25) is 0 Å². The van der Waals surface area contributed by atoms with Crippen LogP contribution in [0.4, 0.5) is 0 Å². The minimum atomic E-state index is -3.11. The van der Waals surface area contributed by atoms with Crippen molar-refractivity contribution in [3.05, 3.63) is 0 Å². The Kier molecular flexibility index (Phi) is 6.10. The fraction of sp³-hybridized carbons (Fsp3) is 1.00. The molecule has 1 heterocycles. The molecule has 96 valence electrons. The van der Waals surface area contributed by atoms with E-state index in [1.165, 1.54) is 0 Å². The van der Waals surface area contributed by atoms with Crippen molar-refractivity contribution >= 4 is 21.8 Å². The van der Waals surface area contributed by atoms with Crippen molar-refractivity contribution < 1.29 is 8.42 Å². The van der Waals surface area contributed by atoms with Crippen molar-refractivity contribution in [1.29, 1.82) is 0 Å². The topological polar surface area (TPSA) is 58.2 Å². The smallest absolute Gasteiger partial charge is 0.215 e. The Morgan fingerprint density at radius 1 is 1.56 bits per heavy atom. The summed E-state index contributed by atoms with van der Waals surface area (Å²) in [7, 11) is -3.11. The summed E-state index contributed by atoms with van der Waals surface area (Å²) in [5.74, 6) is 0. The van der Waals surface area contributed by atoms with Crippen LogP contribution in [-0.4, -0.2) is 44.8 Å². The monoisotopic (exact) mass is 266 g/mol. The van der Waals surface area contributed by atoms with Gasteiger partial charge >= 0.3 is 0 Å². The molecule has 0 aromatic rings. The minimum absolute atomic E-state index is 0.245. The molecule has 1 aliphatic heterocycles. The molecule has 0 aliphatic carbocycles. The number of hydrogen-bond acceptors (Lipinski definition) is 4. The average molecular weight is 266 g/mol. The number of piperidine rings is 1. The molecule has 0 spiro atoms. The highest BCUT2D eigenvalue weighted by Crippen LogP contribution is 2.12. The van der Waals surface area contributed by atoms with Crippen LogP contribution in [0, 0.1) is 0 Å². The molecule has 0 bridgehead atoms. The summed E-state index contributed by atoms with van der Waals surface area (Å²) in [5.41, 5.74) is 0. The van der Waals surface area contributed by atoms with Crippen LogP contribution in [-0.2, 0) is 10.0 Å². The zero-order valence-electron chi connectivity index (χ0n) is 10.0. The minimum Gasteiger partial charge on any atom is -0.315 e. The van der Waals surface area contributed by atoms with Gasteiger partial charge in [-0.15, -0.1) is 0 Å². The molecule has 1 saturated heterocycles. The van der Waals surface area contributed by atoms with Gasteiger partial charge < -0.3 is 5.32 Å². The van der Waals surface area contributed by atoms with Gasteiger partial charge in [0.2, 0.25) is 10.0 Å². The third-order valence-corrected chi connectivity index (χ3v) is 5.87. The van der Waals surface area contributed by atoms with Crippen LogP contribution < -0.4 is 10.0 Å². The molecule has 16 heavy (non-hydrogen) atoms. The van der Waals surface area contributed by atoms with Gasteiger partial charge in [-0.2, -0.15) is 11.8 Å². The van der Waals surface area contributed by atoms with Gasteiger partial charge in [0.1, 0.15) is 0 Å². The molecule has 0 aromatic carbocycles. The van der Waals surface area contributed by atoms with E-state index in [2.05, 4.69) is 17.0 Å². The van der Waals surface area contributed by atoms with E-state index in [-0.39, 0.29) is 5.25 Å². The molecule has 1 aliphatic rings. The molecule has 2 unspecified atom stereocenters. The molecule has 0 saturated carbocycles. The maximum Gasteiger partial charge on any atom is 0.215 e. The number of hydrogen-bond donors (Lipinski definition) is 2. The zero-order chi connectivity index (χ0) is 12.0. The van der Waals surface area contributed by atoms with E-state index < -0.39 is 10.0 Å². The highest BCUT2D eigenvalue weighted by molar-refractivity contribution is 7.99. The molecular formula is C10H22N2O2S2. The van der Waals surface area contributed by atoms with Crippen molar-refractivity contribution in [1.82, 2.24) is 10.0 Å². The van der Waals surface area contributed by atoms with E-state index in [0.717, 1.165) is 25.8 Å². The van der Waals surface area contributed by atoms with Crippen LogP contribution in [0.25, 0.3) is 0 Å². The molecule has 0 aromatic heterocycles. The second-order valence-corrected chi connectivity index (χ2v) is 7.56. The van der Waals surface area contributed by atoms with Gasteiger partial charge in [0.05, 0.1) is 5.25 Å². The maximum atomic E-state index is 11.9. The fourth-order valence-corrected chi connectivity index (χ4v) is 3.53. The summed E-state index contributed by atoms with van der Waals surface area (Å²) in [6, 6.07) is 0. The van der Waals surface area contributed by atoms with Crippen molar-refractivity contribution in [2.45, 2.75) is 36.7 Å². The molecular weight excluding hydrogens is 244 g/mol. The number of rotatable bonds is 6. The Labute approximate surface area is 103 Å². The second kappa shape index (κ2) is 6.83. The Morgan fingerprint density at radius 2 is 2.31 bits per heavy atom. The Morgan fingerprint density at radius 3 is 2.88 bits per heavy atom. The standard InChI is InChI=1S/C10H22N2O2S2/c1-9(15-2)5-7-12-16(13,14)10-4-3-6-11-8-10/h9-12H,3-8H2,1-2H3. The van der Waals surface area contributed by atoms with E-state index in [4.69, 9.17) is 0 Å². The summed E-state index contributed by atoms with van der Waals surface area (Å²) < 4.78 is 26.5. The first-order chi connectivity index (χ1) is 7.56. The van der Waals surface area contributed by atoms with Crippen LogP contribution in [0.3, 0.4) is 0 Å². The molecule has 1 rings (SSSR count). The maximum absolute atomic E-state index is 11.9. The third kappa shape index (κ3) is 4.61. The van der Waals surface area contributed by atoms with Gasteiger partial charge in [-0.1, -0.05) is 6.92 Å². The molecule has 2 atom stereocenters. The molecule has 4 nitrogen and oxygen atoms in total. The first kappa shape index (κ1) is 14.3. The molecule has 0 amide bonds. The first-order valence-electron chi connectivity index (χ1n) is 5.78. The highest BCUT2D eigenvalue weighted by atomic mass is 32.2. The Bertz CT molecular complexity index is 287. The Balaban J connectivity index is 2.33. The normalized spacial score (nSPS) is 24.2. The fourth-order valence-electron chi connectivity index (χ4n) is 1.72. The van der Waals surface area contributed by atoms with E-state index in [9.17, 15) is 8.42 Å². The lowest BCUT2D eigenvalue weighted by atomic mass is 10.2. The number of thioether (sulfide) groups is 1. The molecule has 0 radical (unpaired) electrons. The Hall–Kier alpha value is 0.220. The summed E-state index contributed by atoms with van der Waals surface area (Å²) in [6.45, 7) is 4.20. The van der Waals surface area contributed by atoms with Gasteiger partial charge in [0.25, 0.3) is 0 Å². The number of nitrogens with one attached hydrogen (secondary N) is 2. The summed E-state index contributed by atoms with van der Waals surface area (Å²) in [5, 5.41) is 3.39. The van der Waals surface area contributed by atoms with Crippen LogP contribution in [0.5, 0.6) is 0 Å². The van der Waals surface area contributed by atoms with E-state index in [1.807, 2.05) is 6.26 Å². The summed E-state index contributed by atoms with van der Waals surface area (Å²) in [4.78, 5) is 0. The first-order valence-corrected chi connectivity index (χ1v) is 8.61. The summed E-state index contributed by atoms with van der Waals surface area (Å²) in [6.07, 6.45) is 4.66. The predicted molar refractivity (Wildman–Crippen MR) is 70.4 cm³/mol. The van der Waals surface area contributed by atoms with E-state index in [0.29, 0.717) is 18.3 Å². The van der Waals surface area contributed by atoms with Gasteiger partial charge in [-0.25, -0.2) is 13.1 Å². The zero-order valence-corrected chi connectivity index (χ0v) is 11.7. The van der Waals surface area contributed by atoms with Crippen molar-refractivity contribution in [3.63, 3.8) is 0 Å². The third-order valence-electron chi connectivity index (χ3n) is 2.95. The highest BCUT2D eigenvalue weighted by Gasteiger charge is 2.26. The lowest BCUT2D eigenvalue weighted by Crippen LogP contribution is -2.44. The van der Waals surface area contributed by atoms with Gasteiger partial charge in [0.15, 0.2) is 0 Å². The van der Waals surface area contributed by atoms with Crippen LogP contribution >= 0.6 is 11.8 Å². The van der Waals surface area contributed by atoms with Crippen LogP contribution in [0.15, 0.2) is 0 Å². The van der Waals surface area contributed by atoms with E-state index >= 15 is 0 Å². The second-order valence-electron chi connectivity index (χ2n) is 4.24. The molecule has 2 N–H and O–H groups in total. The van der Waals surface area contributed by atoms with E-state index in [1.54, 1.807) is 11.8 Å². The van der Waals surface area contributed by atoms with Crippen molar-refractivity contribution in [2.24, 2.45) is 0 Å². The van der Waals surface area contributed by atoms with Gasteiger partial charge in [0, 0.05) is 18.3 Å². The van der Waals surface area contributed by atoms with Crippen LogP contribution in [0.1, 0.15) is 26.2 Å². The lowest BCUT2D eigenvalue weighted by molar-refractivity contribution is 0.489. The predicted octanol–water partition coefficient (Wildman–Crippen LogP) is 0.799. The molecule has 6 heteroatoms. The lowest BCUT2D eigenvalue weighted by Gasteiger charge is -2.23. The summed E-state index contributed by atoms with van der Waals surface area (Å²) >= 11 is 1.76. The molecule has 1 fully saturated rings. The van der Waals surface area contributed by atoms with Crippen LogP contribution in [0.2, 0.25) is 0 Å². The van der Waals surface area contributed by atoms with Crippen molar-refractivity contribution in [3.8, 4) is 0 Å². The largest absolute Gasteiger partial charge is 0.315 e. The van der Waals surface area contributed by atoms with Crippen molar-refractivity contribution in [2.75, 3.05) is 25.9 Å². The number of sulfonamides is 1. The van der Waals surface area contributed by atoms with Gasteiger partial charge in [-0.05, 0) is 32.1 Å². The average Bonchev–Trinajstić information content (AvgIpc) is 2.30. The quantitative estimate of drug-likeness (QED) is 0.746.